The number of rotatable bonds is 10. The molecule has 3 aromatic rings. The van der Waals surface area contributed by atoms with E-state index in [-0.39, 0.29) is 24.2 Å². The molecule has 1 aromatic carbocycles. The zero-order valence-corrected chi connectivity index (χ0v) is 22.0. The van der Waals surface area contributed by atoms with Crippen molar-refractivity contribution in [2.75, 3.05) is 25.1 Å². The number of para-hydroxylation sites is 1. The number of H-pyrrole nitrogens is 1. The summed E-state index contributed by atoms with van der Waals surface area (Å²) in [5.41, 5.74) is 2.93. The number of hydrogen-bond donors (Lipinski definition) is 3. The summed E-state index contributed by atoms with van der Waals surface area (Å²) in [6.07, 6.45) is 5.16. The molecule has 10 nitrogen and oxygen atoms in total. The smallest absolute Gasteiger partial charge is 0.407 e. The number of alkyl carbamates (subject to hydrolysis) is 1. The molecule has 2 aromatic heterocycles. The van der Waals surface area contributed by atoms with Crippen molar-refractivity contribution >= 4 is 28.5 Å². The standard InChI is InChI=1S/C27H38N6O4/c1-4-17(2)28-27(34)37-20-9-8-19(14-20)23-15-24(31-30-23)29-22-7-5-6-21-25(22)33(3)32-26(21)36-13-11-18-10-12-35-16-18/h5-7,15,17-20H,4,8-14,16H2,1-3H3,(H,28,34)(H2,29,30,31). The van der Waals surface area contributed by atoms with E-state index < -0.39 is 0 Å². The van der Waals surface area contributed by atoms with Gasteiger partial charge in [0.25, 0.3) is 0 Å². The Bertz CT molecular complexity index is 1200. The first-order chi connectivity index (χ1) is 18.0. The number of nitrogens with zero attached hydrogens (tertiary/aromatic N) is 3. The molecule has 1 saturated carbocycles. The van der Waals surface area contributed by atoms with Gasteiger partial charge in [-0.2, -0.15) is 5.10 Å². The molecular weight excluding hydrogens is 472 g/mol. The molecular formula is C27H38N6O4. The average molecular weight is 511 g/mol. The monoisotopic (exact) mass is 510 g/mol. The average Bonchev–Trinajstić information content (AvgIpc) is 3.68. The van der Waals surface area contributed by atoms with Crippen molar-refractivity contribution in [2.24, 2.45) is 13.0 Å². The summed E-state index contributed by atoms with van der Waals surface area (Å²) in [5.74, 6) is 2.25. The van der Waals surface area contributed by atoms with Crippen LogP contribution in [-0.2, 0) is 16.5 Å². The number of fused-ring (bicyclic) bond motifs is 1. The second-order valence-electron chi connectivity index (χ2n) is 10.3. The lowest BCUT2D eigenvalue weighted by Crippen LogP contribution is -2.34. The molecule has 0 spiro atoms. The zero-order chi connectivity index (χ0) is 25.8. The van der Waals surface area contributed by atoms with E-state index in [1.807, 2.05) is 49.8 Å². The minimum absolute atomic E-state index is 0.0726. The van der Waals surface area contributed by atoms with Crippen molar-refractivity contribution in [3.05, 3.63) is 30.0 Å². The molecule has 4 unspecified atom stereocenters. The number of carbonyl (C=O) groups excluding carboxylic acids is 1. The van der Waals surface area contributed by atoms with E-state index in [9.17, 15) is 4.79 Å². The molecule has 0 radical (unpaired) electrons. The number of ether oxygens (including phenoxy) is 3. The minimum atomic E-state index is -0.327. The lowest BCUT2D eigenvalue weighted by atomic mass is 10.0. The molecule has 200 valence electrons. The lowest BCUT2D eigenvalue weighted by Gasteiger charge is -2.16. The van der Waals surface area contributed by atoms with Gasteiger partial charge in [-0.1, -0.05) is 13.0 Å². The van der Waals surface area contributed by atoms with Crippen molar-refractivity contribution in [1.82, 2.24) is 25.3 Å². The van der Waals surface area contributed by atoms with Gasteiger partial charge in [0, 0.05) is 44.0 Å². The first-order valence-corrected chi connectivity index (χ1v) is 13.5. The first kappa shape index (κ1) is 25.4. The van der Waals surface area contributed by atoms with Crippen LogP contribution >= 0.6 is 0 Å². The summed E-state index contributed by atoms with van der Waals surface area (Å²) in [6, 6.07) is 8.22. The van der Waals surface area contributed by atoms with E-state index in [0.717, 1.165) is 79.8 Å². The lowest BCUT2D eigenvalue weighted by molar-refractivity contribution is 0.0974. The number of anilines is 2. The minimum Gasteiger partial charge on any atom is -0.476 e. The number of aromatic amines is 1. The highest BCUT2D eigenvalue weighted by Gasteiger charge is 2.30. The Hall–Kier alpha value is -3.27. The molecule has 1 amide bonds. The highest BCUT2D eigenvalue weighted by atomic mass is 16.6. The third-order valence-corrected chi connectivity index (χ3v) is 7.55. The summed E-state index contributed by atoms with van der Waals surface area (Å²) in [6.45, 7) is 6.33. The molecule has 0 bridgehead atoms. The summed E-state index contributed by atoms with van der Waals surface area (Å²) in [5, 5.41) is 19.6. The van der Waals surface area contributed by atoms with Crippen molar-refractivity contribution in [3.8, 4) is 5.88 Å². The van der Waals surface area contributed by atoms with E-state index in [0.29, 0.717) is 18.4 Å². The fourth-order valence-electron chi connectivity index (χ4n) is 5.21. The Morgan fingerprint density at radius 2 is 2.22 bits per heavy atom. The molecule has 5 rings (SSSR count). The van der Waals surface area contributed by atoms with Crippen LogP contribution in [-0.4, -0.2) is 58.0 Å². The second kappa shape index (κ2) is 11.4. The van der Waals surface area contributed by atoms with Gasteiger partial charge in [-0.05, 0) is 63.5 Å². The predicted octanol–water partition coefficient (Wildman–Crippen LogP) is 5.01. The number of nitrogens with one attached hydrogen (secondary N) is 3. The van der Waals surface area contributed by atoms with Crippen molar-refractivity contribution in [3.63, 3.8) is 0 Å². The fraction of sp³-hybridized carbons (Fsp3) is 0.593. The van der Waals surface area contributed by atoms with Gasteiger partial charge in [-0.25, -0.2) is 4.79 Å². The van der Waals surface area contributed by atoms with E-state index in [1.165, 1.54) is 0 Å². The van der Waals surface area contributed by atoms with E-state index in [1.54, 1.807) is 0 Å². The molecule has 2 aliphatic rings. The van der Waals surface area contributed by atoms with Crippen LogP contribution < -0.4 is 15.4 Å². The summed E-state index contributed by atoms with van der Waals surface area (Å²) in [7, 11) is 1.93. The molecule has 4 atom stereocenters. The van der Waals surface area contributed by atoms with Gasteiger partial charge in [-0.15, -0.1) is 5.10 Å². The van der Waals surface area contributed by atoms with Crippen LogP contribution in [0.3, 0.4) is 0 Å². The third kappa shape index (κ3) is 6.01. The van der Waals surface area contributed by atoms with E-state index in [4.69, 9.17) is 14.2 Å². The number of carbonyl (C=O) groups is 1. The van der Waals surface area contributed by atoms with Crippen molar-refractivity contribution in [1.29, 1.82) is 0 Å². The Labute approximate surface area is 217 Å². The van der Waals surface area contributed by atoms with Crippen LogP contribution in [0.2, 0.25) is 0 Å². The zero-order valence-electron chi connectivity index (χ0n) is 22.0. The fourth-order valence-corrected chi connectivity index (χ4v) is 5.21. The van der Waals surface area contributed by atoms with Crippen LogP contribution in [0.1, 0.15) is 64.0 Å². The van der Waals surface area contributed by atoms with Crippen molar-refractivity contribution < 1.29 is 19.0 Å². The van der Waals surface area contributed by atoms with Gasteiger partial charge in [0.1, 0.15) is 6.10 Å². The number of aryl methyl sites for hydroxylation is 1. The van der Waals surface area contributed by atoms with Crippen molar-refractivity contribution in [2.45, 2.75) is 70.4 Å². The maximum absolute atomic E-state index is 12.1. The van der Waals surface area contributed by atoms with E-state index in [2.05, 4.69) is 25.9 Å². The molecule has 2 fully saturated rings. The van der Waals surface area contributed by atoms with Gasteiger partial charge >= 0.3 is 6.09 Å². The SMILES string of the molecule is CCC(C)NC(=O)OC1CCC(c2cc(Nc3cccc4c(OCCC5CCOC5)nn(C)c34)n[nH]2)C1. The molecule has 3 heterocycles. The Morgan fingerprint density at radius 1 is 1.32 bits per heavy atom. The Kier molecular flexibility index (Phi) is 7.83. The Balaban J connectivity index is 1.20. The summed E-state index contributed by atoms with van der Waals surface area (Å²) < 4.78 is 19.0. The van der Waals surface area contributed by atoms with Gasteiger partial charge in [0.05, 0.1) is 23.2 Å². The topological polar surface area (TPSA) is 115 Å². The predicted molar refractivity (Wildman–Crippen MR) is 141 cm³/mol. The first-order valence-electron chi connectivity index (χ1n) is 13.5. The van der Waals surface area contributed by atoms with Gasteiger partial charge in [0.2, 0.25) is 5.88 Å². The number of benzene rings is 1. The van der Waals surface area contributed by atoms with Gasteiger partial charge in [0.15, 0.2) is 5.82 Å². The molecule has 1 aliphatic carbocycles. The second-order valence-corrected chi connectivity index (χ2v) is 10.3. The summed E-state index contributed by atoms with van der Waals surface area (Å²) in [4.78, 5) is 12.1. The molecule has 1 saturated heterocycles. The molecule has 1 aliphatic heterocycles. The number of hydrogen-bond acceptors (Lipinski definition) is 7. The van der Waals surface area contributed by atoms with Gasteiger partial charge < -0.3 is 24.8 Å². The maximum atomic E-state index is 12.1. The van der Waals surface area contributed by atoms with Crippen LogP contribution in [0.25, 0.3) is 10.9 Å². The molecule has 37 heavy (non-hydrogen) atoms. The van der Waals surface area contributed by atoms with E-state index >= 15 is 0 Å². The maximum Gasteiger partial charge on any atom is 0.407 e. The highest BCUT2D eigenvalue weighted by molar-refractivity contribution is 5.95. The quantitative estimate of drug-likeness (QED) is 0.351. The highest BCUT2D eigenvalue weighted by Crippen LogP contribution is 2.37. The largest absolute Gasteiger partial charge is 0.476 e. The Morgan fingerprint density at radius 3 is 3.03 bits per heavy atom. The van der Waals surface area contributed by atoms with Crippen LogP contribution in [0.15, 0.2) is 24.3 Å². The number of amides is 1. The normalized spacial score (nSPS) is 22.3. The summed E-state index contributed by atoms with van der Waals surface area (Å²) >= 11 is 0. The molecule has 3 N–H and O–H groups in total. The van der Waals surface area contributed by atoms with Crippen LogP contribution in [0.5, 0.6) is 5.88 Å². The third-order valence-electron chi connectivity index (χ3n) is 7.55. The van der Waals surface area contributed by atoms with Crippen LogP contribution in [0.4, 0.5) is 16.3 Å². The molecule has 10 heteroatoms. The number of aromatic nitrogens is 4. The van der Waals surface area contributed by atoms with Crippen LogP contribution in [0, 0.1) is 5.92 Å². The van der Waals surface area contributed by atoms with Gasteiger partial charge in [-0.3, -0.25) is 9.78 Å².